The number of hydrogen-bond acceptors (Lipinski definition) is 3. The van der Waals surface area contributed by atoms with E-state index in [9.17, 15) is 0 Å². The van der Waals surface area contributed by atoms with Crippen LogP contribution >= 0.6 is 0 Å². The number of nitrogens with zero attached hydrogens (tertiary/aromatic N) is 3. The Morgan fingerprint density at radius 2 is 2.15 bits per heavy atom. The van der Waals surface area contributed by atoms with Gasteiger partial charge in [0, 0.05) is 12.6 Å². The fourth-order valence-corrected chi connectivity index (χ4v) is 1.42. The van der Waals surface area contributed by atoms with Crippen LogP contribution < -0.4 is 5.73 Å². The van der Waals surface area contributed by atoms with Gasteiger partial charge in [-0.2, -0.15) is 0 Å². The maximum absolute atomic E-state index is 5.43. The van der Waals surface area contributed by atoms with Crippen LogP contribution in [-0.4, -0.2) is 21.5 Å². The van der Waals surface area contributed by atoms with Gasteiger partial charge >= 0.3 is 0 Å². The lowest BCUT2D eigenvalue weighted by atomic mass is 10.2. The van der Waals surface area contributed by atoms with Crippen molar-refractivity contribution in [2.24, 2.45) is 5.73 Å². The van der Waals surface area contributed by atoms with E-state index in [0.717, 1.165) is 25.0 Å². The highest BCUT2D eigenvalue weighted by Gasteiger charge is 2.07. The molecule has 1 rings (SSSR count). The smallest absolute Gasteiger partial charge is 0.0839 e. The summed E-state index contributed by atoms with van der Waals surface area (Å²) in [5.41, 5.74) is 6.43. The molecule has 2 N–H and O–H groups in total. The number of nitrogens with two attached hydrogens (primary N) is 1. The summed E-state index contributed by atoms with van der Waals surface area (Å²) in [6, 6.07) is 0.485. The number of rotatable bonds is 5. The highest BCUT2D eigenvalue weighted by atomic mass is 15.4. The normalized spacial score (nSPS) is 11.1. The summed E-state index contributed by atoms with van der Waals surface area (Å²) in [5.74, 6) is 0. The maximum atomic E-state index is 5.43. The summed E-state index contributed by atoms with van der Waals surface area (Å²) in [6.07, 6.45) is 5.02. The van der Waals surface area contributed by atoms with Gasteiger partial charge in [-0.15, -0.1) is 5.10 Å². The van der Waals surface area contributed by atoms with E-state index in [1.54, 1.807) is 0 Å². The second kappa shape index (κ2) is 4.97. The van der Waals surface area contributed by atoms with Crippen molar-refractivity contribution in [2.75, 3.05) is 6.54 Å². The van der Waals surface area contributed by atoms with E-state index in [1.807, 2.05) is 10.9 Å². The molecule has 4 nitrogen and oxygen atoms in total. The predicted octanol–water partition coefficient (Wildman–Crippen LogP) is 1.14. The first kappa shape index (κ1) is 10.2. The summed E-state index contributed by atoms with van der Waals surface area (Å²) in [4.78, 5) is 0. The Kier molecular flexibility index (Phi) is 3.89. The molecule has 13 heavy (non-hydrogen) atoms. The molecular formula is C9H18N4. The van der Waals surface area contributed by atoms with Gasteiger partial charge in [-0.25, -0.2) is 4.68 Å². The fraction of sp³-hybridized carbons (Fsp3) is 0.778. The summed E-state index contributed by atoms with van der Waals surface area (Å²) in [5, 5.41) is 8.14. The summed E-state index contributed by atoms with van der Waals surface area (Å²) < 4.78 is 1.95. The molecule has 1 aromatic rings. The van der Waals surface area contributed by atoms with Gasteiger partial charge in [0.05, 0.1) is 11.7 Å². The monoisotopic (exact) mass is 182 g/mol. The third kappa shape index (κ3) is 2.52. The Morgan fingerprint density at radius 1 is 1.46 bits per heavy atom. The van der Waals surface area contributed by atoms with Crippen LogP contribution in [0.3, 0.4) is 0 Å². The van der Waals surface area contributed by atoms with Crippen molar-refractivity contribution >= 4 is 0 Å². The van der Waals surface area contributed by atoms with Crippen LogP contribution in [0, 0.1) is 0 Å². The van der Waals surface area contributed by atoms with Gasteiger partial charge in [0.2, 0.25) is 0 Å². The zero-order valence-corrected chi connectivity index (χ0v) is 8.40. The Hall–Kier alpha value is -0.900. The molecule has 4 heteroatoms. The Morgan fingerprint density at radius 3 is 2.69 bits per heavy atom. The molecule has 0 atom stereocenters. The molecule has 0 aliphatic heterocycles. The van der Waals surface area contributed by atoms with Crippen molar-refractivity contribution in [2.45, 2.75) is 39.2 Å². The minimum atomic E-state index is 0.485. The lowest BCUT2D eigenvalue weighted by Gasteiger charge is -2.10. The second-order valence-electron chi connectivity index (χ2n) is 3.20. The first-order chi connectivity index (χ1) is 6.31. The molecule has 0 spiro atoms. The van der Waals surface area contributed by atoms with E-state index >= 15 is 0 Å². The van der Waals surface area contributed by atoms with Gasteiger partial charge in [0.25, 0.3) is 0 Å². The molecule has 0 radical (unpaired) electrons. The van der Waals surface area contributed by atoms with Gasteiger partial charge in [-0.05, 0) is 19.4 Å². The topological polar surface area (TPSA) is 56.7 Å². The van der Waals surface area contributed by atoms with Gasteiger partial charge < -0.3 is 5.73 Å². The quantitative estimate of drug-likeness (QED) is 0.743. The standard InChI is InChI=1S/C9H18N4/c1-3-9(4-2)13-7-8(5-6-10)11-12-13/h7,9H,3-6,10H2,1-2H3. The summed E-state index contributed by atoms with van der Waals surface area (Å²) in [7, 11) is 0. The Labute approximate surface area is 79.1 Å². The molecule has 0 saturated carbocycles. The van der Waals surface area contributed by atoms with Crippen LogP contribution in [0.25, 0.3) is 0 Å². The van der Waals surface area contributed by atoms with Crippen LogP contribution in [0.2, 0.25) is 0 Å². The van der Waals surface area contributed by atoms with Crippen LogP contribution in [0.15, 0.2) is 6.20 Å². The molecule has 0 aromatic carbocycles. The lowest BCUT2D eigenvalue weighted by molar-refractivity contribution is 0.418. The third-order valence-electron chi connectivity index (χ3n) is 2.27. The van der Waals surface area contributed by atoms with Gasteiger partial charge in [-0.1, -0.05) is 19.1 Å². The molecule has 1 heterocycles. The van der Waals surface area contributed by atoms with E-state index in [1.165, 1.54) is 0 Å². The Bertz CT molecular complexity index is 240. The van der Waals surface area contributed by atoms with Crippen molar-refractivity contribution < 1.29 is 0 Å². The van der Waals surface area contributed by atoms with Crippen LogP contribution in [0.1, 0.15) is 38.4 Å². The van der Waals surface area contributed by atoms with Gasteiger partial charge in [0.1, 0.15) is 0 Å². The van der Waals surface area contributed by atoms with Gasteiger partial charge in [0.15, 0.2) is 0 Å². The van der Waals surface area contributed by atoms with Crippen LogP contribution in [-0.2, 0) is 6.42 Å². The molecule has 0 aliphatic rings. The maximum Gasteiger partial charge on any atom is 0.0839 e. The zero-order chi connectivity index (χ0) is 9.68. The molecule has 0 unspecified atom stereocenters. The summed E-state index contributed by atoms with van der Waals surface area (Å²) >= 11 is 0. The van der Waals surface area contributed by atoms with Crippen molar-refractivity contribution in [1.29, 1.82) is 0 Å². The average Bonchev–Trinajstić information content (AvgIpc) is 2.56. The van der Waals surface area contributed by atoms with E-state index in [2.05, 4.69) is 24.2 Å². The largest absolute Gasteiger partial charge is 0.330 e. The van der Waals surface area contributed by atoms with Crippen molar-refractivity contribution in [3.05, 3.63) is 11.9 Å². The SMILES string of the molecule is CCC(CC)n1cc(CCN)nn1. The van der Waals surface area contributed by atoms with Gasteiger partial charge in [-0.3, -0.25) is 0 Å². The van der Waals surface area contributed by atoms with E-state index < -0.39 is 0 Å². The lowest BCUT2D eigenvalue weighted by Crippen LogP contribution is -2.07. The van der Waals surface area contributed by atoms with Crippen LogP contribution in [0.5, 0.6) is 0 Å². The van der Waals surface area contributed by atoms with E-state index in [4.69, 9.17) is 5.73 Å². The fourth-order valence-electron chi connectivity index (χ4n) is 1.42. The molecular weight excluding hydrogens is 164 g/mol. The highest BCUT2D eigenvalue weighted by molar-refractivity contribution is 4.93. The molecule has 74 valence electrons. The molecule has 0 saturated heterocycles. The van der Waals surface area contributed by atoms with Crippen molar-refractivity contribution in [1.82, 2.24) is 15.0 Å². The minimum absolute atomic E-state index is 0.485. The highest BCUT2D eigenvalue weighted by Crippen LogP contribution is 2.13. The third-order valence-corrected chi connectivity index (χ3v) is 2.27. The molecule has 0 fully saturated rings. The number of aromatic nitrogens is 3. The number of hydrogen-bond donors (Lipinski definition) is 1. The first-order valence-electron chi connectivity index (χ1n) is 4.92. The molecule has 0 amide bonds. The molecule has 0 aliphatic carbocycles. The van der Waals surface area contributed by atoms with Crippen molar-refractivity contribution in [3.63, 3.8) is 0 Å². The minimum Gasteiger partial charge on any atom is -0.330 e. The van der Waals surface area contributed by atoms with E-state index in [0.29, 0.717) is 12.6 Å². The van der Waals surface area contributed by atoms with Crippen LogP contribution in [0.4, 0.5) is 0 Å². The average molecular weight is 182 g/mol. The second-order valence-corrected chi connectivity index (χ2v) is 3.20. The predicted molar refractivity (Wildman–Crippen MR) is 52.4 cm³/mol. The first-order valence-corrected chi connectivity index (χ1v) is 4.92. The van der Waals surface area contributed by atoms with Crippen molar-refractivity contribution in [3.8, 4) is 0 Å². The summed E-state index contributed by atoms with van der Waals surface area (Å²) in [6.45, 7) is 4.97. The van der Waals surface area contributed by atoms with E-state index in [-0.39, 0.29) is 0 Å². The molecule has 0 bridgehead atoms. The zero-order valence-electron chi connectivity index (χ0n) is 8.40. The Balaban J connectivity index is 2.66. The molecule has 1 aromatic heterocycles.